The summed E-state index contributed by atoms with van der Waals surface area (Å²) in [5, 5.41) is 5.78. The van der Waals surface area contributed by atoms with Crippen LogP contribution in [0.15, 0.2) is 30.7 Å². The molecule has 3 heterocycles. The molecule has 0 radical (unpaired) electrons. The number of nitrogens with one attached hydrogen (secondary N) is 2. The first-order valence-corrected chi connectivity index (χ1v) is 11.4. The first-order chi connectivity index (χ1) is 15.0. The maximum Gasteiger partial charge on any atom is 0.242 e. The highest BCUT2D eigenvalue weighted by Gasteiger charge is 2.29. The van der Waals surface area contributed by atoms with Gasteiger partial charge >= 0.3 is 0 Å². The van der Waals surface area contributed by atoms with E-state index in [9.17, 15) is 9.59 Å². The van der Waals surface area contributed by atoms with Crippen LogP contribution in [0.5, 0.6) is 0 Å². The molecule has 0 unspecified atom stereocenters. The van der Waals surface area contributed by atoms with Gasteiger partial charge in [0, 0.05) is 49.0 Å². The summed E-state index contributed by atoms with van der Waals surface area (Å²) in [6.07, 6.45) is 10.8. The topological polar surface area (TPSA) is 96.9 Å². The smallest absolute Gasteiger partial charge is 0.242 e. The maximum atomic E-state index is 12.3. The molecule has 0 bridgehead atoms. The van der Waals surface area contributed by atoms with E-state index in [2.05, 4.69) is 34.4 Å². The average Bonchev–Trinajstić information content (AvgIpc) is 3.24. The van der Waals surface area contributed by atoms with Crippen molar-refractivity contribution in [1.82, 2.24) is 25.6 Å². The molecule has 2 amide bonds. The monoisotopic (exact) mass is 421 g/mol. The number of aromatic nitrogens is 3. The Balaban J connectivity index is 1.40. The SMILES string of the molecule is CC(C)c1ncc(-c2ccncc2)c(C2CCC(CNC(=O)[C@H]3CCC(=O)N3)CC2)n1. The molecular formula is C24H31N5O2. The van der Waals surface area contributed by atoms with Crippen LogP contribution in [0.1, 0.15) is 75.7 Å². The molecule has 1 aliphatic carbocycles. The van der Waals surface area contributed by atoms with E-state index in [0.29, 0.717) is 31.2 Å². The number of hydrogen-bond acceptors (Lipinski definition) is 5. The summed E-state index contributed by atoms with van der Waals surface area (Å²) >= 11 is 0. The third-order valence-electron chi connectivity index (χ3n) is 6.45. The fourth-order valence-electron chi connectivity index (χ4n) is 4.57. The van der Waals surface area contributed by atoms with Crippen LogP contribution < -0.4 is 10.6 Å². The van der Waals surface area contributed by atoms with Crippen LogP contribution in [-0.2, 0) is 9.59 Å². The molecule has 164 valence electrons. The van der Waals surface area contributed by atoms with Crippen LogP contribution in [0.4, 0.5) is 0 Å². The number of carbonyl (C=O) groups is 2. The zero-order valence-electron chi connectivity index (χ0n) is 18.3. The zero-order valence-corrected chi connectivity index (χ0v) is 18.3. The predicted molar refractivity (Wildman–Crippen MR) is 118 cm³/mol. The van der Waals surface area contributed by atoms with Gasteiger partial charge in [0.2, 0.25) is 11.8 Å². The summed E-state index contributed by atoms with van der Waals surface area (Å²) in [4.78, 5) is 37.3. The molecule has 1 aliphatic heterocycles. The molecule has 2 fully saturated rings. The lowest BCUT2D eigenvalue weighted by molar-refractivity contribution is -0.125. The van der Waals surface area contributed by atoms with E-state index in [4.69, 9.17) is 4.98 Å². The Morgan fingerprint density at radius 2 is 1.90 bits per heavy atom. The van der Waals surface area contributed by atoms with Gasteiger partial charge in [-0.3, -0.25) is 14.6 Å². The van der Waals surface area contributed by atoms with Gasteiger partial charge in [0.05, 0.1) is 5.69 Å². The third-order valence-corrected chi connectivity index (χ3v) is 6.45. The number of carbonyl (C=O) groups excluding carboxylic acids is 2. The fourth-order valence-corrected chi connectivity index (χ4v) is 4.57. The van der Waals surface area contributed by atoms with Gasteiger partial charge in [-0.15, -0.1) is 0 Å². The van der Waals surface area contributed by atoms with E-state index < -0.39 is 0 Å². The van der Waals surface area contributed by atoms with Gasteiger partial charge < -0.3 is 10.6 Å². The lowest BCUT2D eigenvalue weighted by Crippen LogP contribution is -2.43. The normalized spacial score (nSPS) is 23.6. The summed E-state index contributed by atoms with van der Waals surface area (Å²) < 4.78 is 0. The standard InChI is InChI=1S/C24H31N5O2/c1-15(2)23-26-14-19(17-9-11-25-12-10-17)22(29-23)18-5-3-16(4-6-18)13-27-24(31)20-7-8-21(30)28-20/h9-12,14-16,18,20H,3-8,13H2,1-2H3,(H,27,31)(H,28,30)/t16?,18?,20-/m1/s1. The molecule has 31 heavy (non-hydrogen) atoms. The Bertz CT molecular complexity index is 923. The molecule has 2 aromatic rings. The van der Waals surface area contributed by atoms with E-state index in [1.54, 1.807) is 0 Å². The second-order valence-corrected chi connectivity index (χ2v) is 9.04. The summed E-state index contributed by atoms with van der Waals surface area (Å²) in [6, 6.07) is 3.67. The van der Waals surface area contributed by atoms with Crippen LogP contribution in [0, 0.1) is 5.92 Å². The molecule has 0 spiro atoms. The largest absolute Gasteiger partial charge is 0.354 e. The number of pyridine rings is 1. The highest BCUT2D eigenvalue weighted by Crippen LogP contribution is 2.39. The molecule has 4 rings (SSSR count). The van der Waals surface area contributed by atoms with Gasteiger partial charge in [-0.1, -0.05) is 13.8 Å². The van der Waals surface area contributed by atoms with Crippen molar-refractivity contribution in [3.05, 3.63) is 42.2 Å². The molecule has 1 saturated heterocycles. The van der Waals surface area contributed by atoms with E-state index in [-0.39, 0.29) is 23.8 Å². The van der Waals surface area contributed by atoms with Crippen molar-refractivity contribution in [2.75, 3.05) is 6.54 Å². The maximum absolute atomic E-state index is 12.3. The van der Waals surface area contributed by atoms with Crippen molar-refractivity contribution < 1.29 is 9.59 Å². The minimum atomic E-state index is -0.359. The molecule has 2 aromatic heterocycles. The predicted octanol–water partition coefficient (Wildman–Crippen LogP) is 3.33. The van der Waals surface area contributed by atoms with Crippen molar-refractivity contribution in [3.63, 3.8) is 0 Å². The van der Waals surface area contributed by atoms with Crippen LogP contribution in [-0.4, -0.2) is 39.4 Å². The Kier molecular flexibility index (Phi) is 6.59. The molecule has 1 atom stereocenters. The van der Waals surface area contributed by atoms with Gasteiger partial charge in [0.1, 0.15) is 11.9 Å². The van der Waals surface area contributed by atoms with Crippen molar-refractivity contribution in [2.24, 2.45) is 5.92 Å². The fraction of sp³-hybridized carbons (Fsp3) is 0.542. The lowest BCUT2D eigenvalue weighted by atomic mass is 9.79. The summed E-state index contributed by atoms with van der Waals surface area (Å²) in [7, 11) is 0. The van der Waals surface area contributed by atoms with Gasteiger partial charge in [-0.05, 0) is 55.7 Å². The van der Waals surface area contributed by atoms with Gasteiger partial charge in [-0.2, -0.15) is 0 Å². The average molecular weight is 422 g/mol. The number of nitrogens with zero attached hydrogens (tertiary/aromatic N) is 3. The van der Waals surface area contributed by atoms with Crippen LogP contribution in [0.25, 0.3) is 11.1 Å². The molecule has 7 nitrogen and oxygen atoms in total. The highest BCUT2D eigenvalue weighted by molar-refractivity contribution is 5.90. The van der Waals surface area contributed by atoms with Crippen LogP contribution in [0.2, 0.25) is 0 Å². The minimum absolute atomic E-state index is 0.0312. The van der Waals surface area contributed by atoms with Crippen molar-refractivity contribution >= 4 is 11.8 Å². The lowest BCUT2D eigenvalue weighted by Gasteiger charge is -2.30. The van der Waals surface area contributed by atoms with Crippen LogP contribution in [0.3, 0.4) is 0 Å². The van der Waals surface area contributed by atoms with Crippen molar-refractivity contribution in [1.29, 1.82) is 0 Å². The summed E-state index contributed by atoms with van der Waals surface area (Å²) in [5.41, 5.74) is 3.34. The van der Waals surface area contributed by atoms with Gasteiger partial charge in [0.25, 0.3) is 0 Å². The van der Waals surface area contributed by atoms with E-state index in [1.807, 2.05) is 30.7 Å². The Morgan fingerprint density at radius 1 is 1.16 bits per heavy atom. The van der Waals surface area contributed by atoms with Crippen molar-refractivity contribution in [2.45, 2.75) is 70.3 Å². The molecule has 2 aliphatic rings. The first-order valence-electron chi connectivity index (χ1n) is 11.4. The second-order valence-electron chi connectivity index (χ2n) is 9.04. The molecule has 1 saturated carbocycles. The number of amides is 2. The van der Waals surface area contributed by atoms with Gasteiger partial charge in [0.15, 0.2) is 0 Å². The summed E-state index contributed by atoms with van der Waals surface area (Å²) in [6.45, 7) is 4.92. The highest BCUT2D eigenvalue weighted by atomic mass is 16.2. The number of rotatable bonds is 6. The Labute approximate surface area is 183 Å². The molecule has 2 N–H and O–H groups in total. The number of hydrogen-bond donors (Lipinski definition) is 2. The summed E-state index contributed by atoms with van der Waals surface area (Å²) in [5.74, 6) is 1.95. The molecule has 7 heteroatoms. The Hall–Kier alpha value is -2.83. The third kappa shape index (κ3) is 5.09. The Morgan fingerprint density at radius 3 is 2.55 bits per heavy atom. The molecular weight excluding hydrogens is 390 g/mol. The van der Waals surface area contributed by atoms with E-state index in [0.717, 1.165) is 48.3 Å². The first kappa shape index (κ1) is 21.4. The van der Waals surface area contributed by atoms with E-state index >= 15 is 0 Å². The van der Waals surface area contributed by atoms with Crippen molar-refractivity contribution in [3.8, 4) is 11.1 Å². The molecule has 0 aromatic carbocycles. The zero-order chi connectivity index (χ0) is 21.8. The minimum Gasteiger partial charge on any atom is -0.354 e. The second kappa shape index (κ2) is 9.54. The van der Waals surface area contributed by atoms with Gasteiger partial charge in [-0.25, -0.2) is 9.97 Å². The van der Waals surface area contributed by atoms with Crippen LogP contribution >= 0.6 is 0 Å². The van der Waals surface area contributed by atoms with E-state index in [1.165, 1.54) is 0 Å². The quantitative estimate of drug-likeness (QED) is 0.746.